The van der Waals surface area contributed by atoms with Gasteiger partial charge in [-0.1, -0.05) is 148 Å². The van der Waals surface area contributed by atoms with Gasteiger partial charge < -0.3 is 13.9 Å². The van der Waals surface area contributed by atoms with Gasteiger partial charge in [-0.3, -0.25) is 0 Å². The summed E-state index contributed by atoms with van der Waals surface area (Å²) in [4.78, 5) is 15.6. The molecule has 226 valence electrons. The summed E-state index contributed by atoms with van der Waals surface area (Å²) in [5.74, 6) is -1.83. The van der Waals surface area contributed by atoms with Crippen molar-refractivity contribution in [2.24, 2.45) is 5.92 Å². The monoisotopic (exact) mass is 603 g/mol. The van der Waals surface area contributed by atoms with E-state index in [0.29, 0.717) is 0 Å². The van der Waals surface area contributed by atoms with Gasteiger partial charge >= 0.3 is 6.09 Å². The van der Waals surface area contributed by atoms with Crippen LogP contribution in [0.3, 0.4) is 0 Å². The lowest BCUT2D eigenvalue weighted by atomic mass is 9.70. The van der Waals surface area contributed by atoms with Crippen LogP contribution in [-0.2, 0) is 19.5 Å². The molecule has 1 fully saturated rings. The zero-order valence-electron chi connectivity index (χ0n) is 26.4. The van der Waals surface area contributed by atoms with Gasteiger partial charge in [0.15, 0.2) is 0 Å². The fourth-order valence-electron chi connectivity index (χ4n) is 6.81. The Morgan fingerprint density at radius 2 is 1.14 bits per heavy atom. The Kier molecular flexibility index (Phi) is 7.43. The number of rotatable bonds is 6. The second-order valence-electron chi connectivity index (χ2n) is 13.6. The molecule has 5 nitrogen and oxygen atoms in total. The molecule has 0 bridgehead atoms. The second kappa shape index (κ2) is 10.9. The first-order chi connectivity index (χ1) is 20.9. The number of fused-ring (bicyclic) bond motifs is 1. The Hall–Kier alpha value is -3.97. The third-order valence-electron chi connectivity index (χ3n) is 8.61. The highest BCUT2D eigenvalue weighted by Gasteiger charge is 2.75. The van der Waals surface area contributed by atoms with Gasteiger partial charge in [0.25, 0.3) is 14.2 Å². The van der Waals surface area contributed by atoms with Crippen LogP contribution in [-0.4, -0.2) is 30.8 Å². The highest BCUT2D eigenvalue weighted by molar-refractivity contribution is 6.99. The van der Waals surface area contributed by atoms with Crippen LogP contribution in [0, 0.1) is 5.92 Å². The number of ether oxygens (including phenoxy) is 2. The van der Waals surface area contributed by atoms with Gasteiger partial charge in [0.2, 0.25) is 0 Å². The van der Waals surface area contributed by atoms with Gasteiger partial charge in [-0.05, 0) is 47.3 Å². The van der Waals surface area contributed by atoms with Crippen LogP contribution in [0.5, 0.6) is 0 Å². The Morgan fingerprint density at radius 3 is 1.55 bits per heavy atom. The molecule has 44 heavy (non-hydrogen) atoms. The quantitative estimate of drug-likeness (QED) is 0.213. The summed E-state index contributed by atoms with van der Waals surface area (Å²) in [5.41, 5.74) is 0.393. The summed E-state index contributed by atoms with van der Waals surface area (Å²) in [6, 6.07) is 41.3. The van der Waals surface area contributed by atoms with E-state index in [9.17, 15) is 4.79 Å². The Labute approximate surface area is 262 Å². The average molecular weight is 604 g/mol. The van der Waals surface area contributed by atoms with Crippen molar-refractivity contribution < 1.29 is 18.7 Å². The molecule has 0 aliphatic carbocycles. The molecule has 2 heterocycles. The van der Waals surface area contributed by atoms with E-state index in [4.69, 9.17) is 13.9 Å². The summed E-state index contributed by atoms with van der Waals surface area (Å²) < 4.78 is 21.1. The lowest BCUT2D eigenvalue weighted by Crippen LogP contribution is -2.79. The highest BCUT2D eigenvalue weighted by Crippen LogP contribution is 2.63. The molecule has 4 aromatic rings. The van der Waals surface area contributed by atoms with Gasteiger partial charge in [0.1, 0.15) is 11.2 Å². The minimum Gasteiger partial charge on any atom is -0.443 e. The lowest BCUT2D eigenvalue weighted by molar-refractivity contribution is -0.418. The molecule has 0 N–H and O–H groups in total. The number of benzene rings is 4. The van der Waals surface area contributed by atoms with Crippen LogP contribution < -0.4 is 10.4 Å². The predicted molar refractivity (Wildman–Crippen MR) is 177 cm³/mol. The summed E-state index contributed by atoms with van der Waals surface area (Å²) in [6.07, 6.45) is 3.35. The summed E-state index contributed by atoms with van der Waals surface area (Å²) in [7, 11) is -3.20. The smallest absolute Gasteiger partial charge is 0.418 e. The van der Waals surface area contributed by atoms with E-state index < -0.39 is 31.5 Å². The van der Waals surface area contributed by atoms with Gasteiger partial charge in [0.05, 0.1) is 5.92 Å². The minimum atomic E-state index is -3.20. The largest absolute Gasteiger partial charge is 0.443 e. The van der Waals surface area contributed by atoms with E-state index in [1.165, 1.54) is 0 Å². The van der Waals surface area contributed by atoms with Crippen molar-refractivity contribution in [1.29, 1.82) is 0 Å². The molecule has 2 atom stereocenters. The SMILES string of the molecule is CC(C)(C)OC(=O)N1C=C[C@H]2C(c3ccccc3)(c3ccccc3)O[C@]21O[Si](c1ccccc1)(c1ccccc1)C(C)(C)C. The van der Waals surface area contributed by atoms with Crippen LogP contribution in [0.1, 0.15) is 52.7 Å². The number of hydrogen-bond acceptors (Lipinski definition) is 4. The summed E-state index contributed by atoms with van der Waals surface area (Å²) in [5, 5.41) is 1.85. The predicted octanol–water partition coefficient (Wildman–Crippen LogP) is 7.57. The van der Waals surface area contributed by atoms with Crippen LogP contribution >= 0.6 is 0 Å². The second-order valence-corrected chi connectivity index (χ2v) is 17.9. The summed E-state index contributed by atoms with van der Waals surface area (Å²) in [6.45, 7) is 12.3. The molecular formula is C38H41NO4Si. The Bertz CT molecular complexity index is 1550. The van der Waals surface area contributed by atoms with Crippen molar-refractivity contribution >= 4 is 24.8 Å². The van der Waals surface area contributed by atoms with Crippen molar-refractivity contribution in [1.82, 2.24) is 4.90 Å². The zero-order valence-corrected chi connectivity index (χ0v) is 27.4. The molecule has 0 aromatic heterocycles. The van der Waals surface area contributed by atoms with Crippen LogP contribution in [0.15, 0.2) is 134 Å². The molecule has 2 aliphatic rings. The maximum atomic E-state index is 14.1. The van der Waals surface area contributed by atoms with Gasteiger partial charge in [-0.2, -0.15) is 0 Å². The molecule has 1 amide bonds. The molecule has 6 rings (SSSR count). The fraction of sp³-hybridized carbons (Fsp3) is 0.289. The fourth-order valence-corrected chi connectivity index (χ4v) is 11.4. The van der Waals surface area contributed by atoms with Crippen molar-refractivity contribution in [2.45, 2.75) is 63.7 Å². The number of amides is 1. The summed E-state index contributed by atoms with van der Waals surface area (Å²) >= 11 is 0. The zero-order chi connectivity index (χ0) is 31.2. The highest BCUT2D eigenvalue weighted by atomic mass is 28.4. The van der Waals surface area contributed by atoms with E-state index in [2.05, 4.69) is 99.6 Å². The van der Waals surface area contributed by atoms with E-state index in [1.807, 2.05) is 69.3 Å². The average Bonchev–Trinajstić information content (AvgIpc) is 3.29. The lowest BCUT2D eigenvalue weighted by Gasteiger charge is -2.63. The number of carbonyl (C=O) groups excluding carboxylic acids is 1. The molecule has 0 spiro atoms. The maximum absolute atomic E-state index is 14.1. The molecule has 0 unspecified atom stereocenters. The molecule has 4 aromatic carbocycles. The number of carbonyl (C=O) groups is 1. The Balaban J connectivity index is 1.60. The van der Waals surface area contributed by atoms with Crippen LogP contribution in [0.4, 0.5) is 4.79 Å². The molecule has 0 radical (unpaired) electrons. The standard InChI is InChI=1S/C38H41NO4Si/c1-35(2,3)41-34(40)39-28-27-33-37(29-19-11-7-12-20-29,30-21-13-8-14-22-30)42-38(33,39)43-44(36(4,5)6,31-23-15-9-16-24-31)32-25-17-10-18-26-32/h7-28,33H,1-6H3/t33-,38-/m0/s1. The van der Waals surface area contributed by atoms with Crippen molar-refractivity contribution in [2.75, 3.05) is 0 Å². The van der Waals surface area contributed by atoms with Crippen molar-refractivity contribution in [3.63, 3.8) is 0 Å². The van der Waals surface area contributed by atoms with Crippen molar-refractivity contribution in [3.05, 3.63) is 145 Å². The van der Waals surface area contributed by atoms with E-state index >= 15 is 0 Å². The van der Waals surface area contributed by atoms with Crippen molar-refractivity contribution in [3.8, 4) is 0 Å². The number of nitrogens with zero attached hydrogens (tertiary/aromatic N) is 1. The molecule has 2 aliphatic heterocycles. The Morgan fingerprint density at radius 1 is 0.705 bits per heavy atom. The van der Waals surface area contributed by atoms with E-state index in [1.54, 1.807) is 11.1 Å². The molecule has 1 saturated heterocycles. The molecular weight excluding hydrogens is 563 g/mol. The molecule has 6 heteroatoms. The third kappa shape index (κ3) is 4.73. The van der Waals surface area contributed by atoms with Gasteiger partial charge in [-0.25, -0.2) is 9.69 Å². The van der Waals surface area contributed by atoms with Gasteiger partial charge in [-0.15, -0.1) is 0 Å². The van der Waals surface area contributed by atoms with E-state index in [0.717, 1.165) is 21.5 Å². The van der Waals surface area contributed by atoms with Gasteiger partial charge in [0, 0.05) is 6.20 Å². The normalized spacial score (nSPS) is 21.0. The number of hydrogen-bond donors (Lipinski definition) is 0. The van der Waals surface area contributed by atoms with E-state index in [-0.39, 0.29) is 11.0 Å². The first-order valence-electron chi connectivity index (χ1n) is 15.3. The van der Waals surface area contributed by atoms with Crippen LogP contribution in [0.25, 0.3) is 0 Å². The van der Waals surface area contributed by atoms with Crippen LogP contribution in [0.2, 0.25) is 5.04 Å². The maximum Gasteiger partial charge on any atom is 0.418 e. The topological polar surface area (TPSA) is 48.0 Å². The first kappa shape index (κ1) is 30.1. The third-order valence-corrected chi connectivity index (χ3v) is 13.6. The first-order valence-corrected chi connectivity index (χ1v) is 17.2. The molecule has 0 saturated carbocycles. The minimum absolute atomic E-state index is 0.349.